The van der Waals surface area contributed by atoms with Crippen LogP contribution in [0, 0.1) is 0 Å². The topological polar surface area (TPSA) is 81.7 Å². The van der Waals surface area contributed by atoms with Gasteiger partial charge in [-0.3, -0.25) is 0 Å². The molecule has 1 fully saturated rings. The number of thiophene rings is 1. The zero-order valence-electron chi connectivity index (χ0n) is 11.3. The van der Waals surface area contributed by atoms with Crippen LogP contribution in [0.25, 0.3) is 10.7 Å². The average Bonchev–Trinajstić information content (AvgIpc) is 2.93. The van der Waals surface area contributed by atoms with Crippen LogP contribution in [0.1, 0.15) is 24.4 Å². The Morgan fingerprint density at radius 2 is 2.38 bits per heavy atom. The third-order valence-corrected chi connectivity index (χ3v) is 4.11. The van der Waals surface area contributed by atoms with Crippen molar-refractivity contribution in [2.24, 2.45) is 0 Å². The summed E-state index contributed by atoms with van der Waals surface area (Å²) in [5, 5.41) is 17.6. The van der Waals surface area contributed by atoms with Gasteiger partial charge in [-0.2, -0.15) is 4.98 Å². The molecule has 7 nitrogen and oxygen atoms in total. The fourth-order valence-electron chi connectivity index (χ4n) is 2.00. The van der Waals surface area contributed by atoms with Crippen LogP contribution in [0.2, 0.25) is 0 Å². The van der Waals surface area contributed by atoms with Crippen molar-refractivity contribution in [3.8, 4) is 10.7 Å². The first-order valence-corrected chi connectivity index (χ1v) is 7.73. The molecule has 21 heavy (non-hydrogen) atoms. The van der Waals surface area contributed by atoms with Gasteiger partial charge in [0.15, 0.2) is 0 Å². The van der Waals surface area contributed by atoms with E-state index in [-0.39, 0.29) is 0 Å². The van der Waals surface area contributed by atoms with E-state index in [2.05, 4.69) is 25.8 Å². The molecule has 3 aromatic rings. The van der Waals surface area contributed by atoms with Gasteiger partial charge in [0.2, 0.25) is 11.7 Å². The number of nitrogens with zero attached hydrogens (tertiary/aromatic N) is 5. The maximum atomic E-state index is 5.25. The Bertz CT molecular complexity index is 715. The highest BCUT2D eigenvalue weighted by Gasteiger charge is 2.20. The third kappa shape index (κ3) is 3.01. The fourth-order valence-corrected chi connectivity index (χ4v) is 2.65. The first-order valence-electron chi connectivity index (χ1n) is 6.86. The highest BCUT2D eigenvalue weighted by atomic mass is 32.1. The minimum Gasteiger partial charge on any atom is -0.337 e. The van der Waals surface area contributed by atoms with Gasteiger partial charge in [-0.15, -0.1) is 16.4 Å². The van der Waals surface area contributed by atoms with Crippen molar-refractivity contribution in [3.63, 3.8) is 0 Å². The summed E-state index contributed by atoms with van der Waals surface area (Å²) in [5.74, 6) is 1.15. The summed E-state index contributed by atoms with van der Waals surface area (Å²) < 4.78 is 6.97. The van der Waals surface area contributed by atoms with Crippen LogP contribution in [0.4, 0.5) is 0 Å². The molecule has 0 saturated heterocycles. The van der Waals surface area contributed by atoms with Crippen LogP contribution in [0.15, 0.2) is 28.2 Å². The van der Waals surface area contributed by atoms with E-state index in [1.165, 1.54) is 12.8 Å². The molecule has 0 aromatic carbocycles. The van der Waals surface area contributed by atoms with Crippen molar-refractivity contribution in [1.29, 1.82) is 0 Å². The molecule has 1 saturated carbocycles. The number of hydrogen-bond donors (Lipinski definition) is 1. The lowest BCUT2D eigenvalue weighted by atomic mass is 10.4. The molecule has 3 heterocycles. The number of nitrogens with one attached hydrogen (secondary N) is 1. The van der Waals surface area contributed by atoms with Crippen molar-refractivity contribution in [2.45, 2.75) is 32.0 Å². The zero-order chi connectivity index (χ0) is 14.1. The average molecular weight is 302 g/mol. The highest BCUT2D eigenvalue weighted by Crippen LogP contribution is 2.21. The van der Waals surface area contributed by atoms with Gasteiger partial charge in [0.1, 0.15) is 6.54 Å². The molecule has 1 N–H and O–H groups in total. The summed E-state index contributed by atoms with van der Waals surface area (Å²) >= 11 is 1.59. The lowest BCUT2D eigenvalue weighted by molar-refractivity contribution is 0.364. The number of hydrogen-bond acceptors (Lipinski definition) is 7. The Kier molecular flexibility index (Phi) is 3.24. The van der Waals surface area contributed by atoms with Crippen molar-refractivity contribution in [1.82, 2.24) is 30.5 Å². The van der Waals surface area contributed by atoms with Crippen molar-refractivity contribution < 1.29 is 4.52 Å². The minimum atomic E-state index is 0.439. The van der Waals surface area contributed by atoms with Crippen LogP contribution in [0.3, 0.4) is 0 Å². The maximum absolute atomic E-state index is 5.25. The minimum absolute atomic E-state index is 0.439. The van der Waals surface area contributed by atoms with Crippen LogP contribution < -0.4 is 5.32 Å². The molecule has 0 aliphatic heterocycles. The summed E-state index contributed by atoms with van der Waals surface area (Å²) in [7, 11) is 0. The van der Waals surface area contributed by atoms with E-state index in [0.717, 1.165) is 17.1 Å². The molecular formula is C13H14N6OS. The van der Waals surface area contributed by atoms with E-state index >= 15 is 0 Å². The predicted molar refractivity (Wildman–Crippen MR) is 76.6 cm³/mol. The van der Waals surface area contributed by atoms with Gasteiger partial charge in [-0.25, -0.2) is 4.68 Å². The molecule has 0 amide bonds. The Hall–Kier alpha value is -2.06. The Morgan fingerprint density at radius 1 is 1.43 bits per heavy atom. The van der Waals surface area contributed by atoms with Gasteiger partial charge in [0.05, 0.1) is 16.8 Å². The van der Waals surface area contributed by atoms with Crippen LogP contribution in [-0.4, -0.2) is 31.2 Å². The van der Waals surface area contributed by atoms with E-state index in [0.29, 0.717) is 24.3 Å². The number of rotatable bonds is 6. The van der Waals surface area contributed by atoms with E-state index in [4.69, 9.17) is 4.52 Å². The smallest absolute Gasteiger partial charge is 0.248 e. The molecule has 1 aliphatic carbocycles. The molecule has 108 valence electrons. The van der Waals surface area contributed by atoms with Crippen LogP contribution >= 0.6 is 11.3 Å². The first-order chi connectivity index (χ1) is 10.4. The molecule has 4 rings (SSSR count). The molecule has 3 aromatic heterocycles. The fraction of sp³-hybridized carbons (Fsp3) is 0.385. The van der Waals surface area contributed by atoms with E-state index in [9.17, 15) is 0 Å². The zero-order valence-corrected chi connectivity index (χ0v) is 12.1. The molecular weight excluding hydrogens is 288 g/mol. The van der Waals surface area contributed by atoms with Crippen molar-refractivity contribution >= 4 is 11.3 Å². The molecule has 0 spiro atoms. The highest BCUT2D eigenvalue weighted by molar-refractivity contribution is 7.13. The van der Waals surface area contributed by atoms with E-state index < -0.39 is 0 Å². The van der Waals surface area contributed by atoms with Gasteiger partial charge in [-0.1, -0.05) is 16.4 Å². The quantitative estimate of drug-likeness (QED) is 0.746. The van der Waals surface area contributed by atoms with Crippen molar-refractivity contribution in [2.75, 3.05) is 0 Å². The summed E-state index contributed by atoms with van der Waals surface area (Å²) in [5.41, 5.74) is 0.930. The second-order valence-electron chi connectivity index (χ2n) is 5.05. The van der Waals surface area contributed by atoms with E-state index in [1.54, 1.807) is 16.0 Å². The molecule has 0 bridgehead atoms. The monoisotopic (exact) mass is 302 g/mol. The lowest BCUT2D eigenvalue weighted by Crippen LogP contribution is -2.15. The van der Waals surface area contributed by atoms with E-state index in [1.807, 2.05) is 23.7 Å². The lowest BCUT2D eigenvalue weighted by Gasteiger charge is -1.96. The second-order valence-corrected chi connectivity index (χ2v) is 6.00. The van der Waals surface area contributed by atoms with Crippen LogP contribution in [0.5, 0.6) is 0 Å². The molecule has 0 unspecified atom stereocenters. The predicted octanol–water partition coefficient (Wildman–Crippen LogP) is 1.69. The van der Waals surface area contributed by atoms with Gasteiger partial charge in [-0.05, 0) is 24.3 Å². The molecule has 8 heteroatoms. The molecule has 0 atom stereocenters. The molecule has 0 radical (unpaired) electrons. The van der Waals surface area contributed by atoms with Crippen molar-refractivity contribution in [3.05, 3.63) is 35.3 Å². The summed E-state index contributed by atoms with van der Waals surface area (Å²) in [4.78, 5) is 5.37. The Balaban J connectivity index is 1.41. The van der Waals surface area contributed by atoms with Gasteiger partial charge in [0, 0.05) is 12.6 Å². The van der Waals surface area contributed by atoms with Gasteiger partial charge in [0.25, 0.3) is 0 Å². The molecule has 1 aliphatic rings. The van der Waals surface area contributed by atoms with Crippen LogP contribution in [-0.2, 0) is 13.1 Å². The summed E-state index contributed by atoms with van der Waals surface area (Å²) in [6, 6.07) is 4.60. The Labute approximate surface area is 125 Å². The third-order valence-electron chi connectivity index (χ3n) is 3.24. The first kappa shape index (κ1) is 12.7. The maximum Gasteiger partial charge on any atom is 0.248 e. The second kappa shape index (κ2) is 5.38. The normalized spacial score (nSPS) is 14.7. The Morgan fingerprint density at radius 3 is 3.19 bits per heavy atom. The van der Waals surface area contributed by atoms with Gasteiger partial charge >= 0.3 is 0 Å². The standard InChI is InChI=1S/C13H14N6OS/c1-2-11(21-5-1)13-15-12(20-17-13)8-19-7-10(16-18-19)6-14-9-3-4-9/h1-2,5,7,9,14H,3-4,6,8H2. The largest absolute Gasteiger partial charge is 0.337 e. The summed E-state index contributed by atoms with van der Waals surface area (Å²) in [6.07, 6.45) is 4.44. The number of aromatic nitrogens is 5. The SMILES string of the molecule is c1csc(-c2noc(Cn3cc(CNC4CC4)nn3)n2)c1. The summed E-state index contributed by atoms with van der Waals surface area (Å²) in [6.45, 7) is 1.20. The van der Waals surface area contributed by atoms with Gasteiger partial charge < -0.3 is 9.84 Å².